The number of H-pyrrole nitrogens is 1. The summed E-state index contributed by atoms with van der Waals surface area (Å²) < 4.78 is 56.7. The maximum atomic E-state index is 14.7. The van der Waals surface area contributed by atoms with Crippen LogP contribution in [0.4, 0.5) is 28.0 Å². The lowest BCUT2D eigenvalue weighted by molar-refractivity contribution is -0.139. The number of amides is 6. The number of carbonyl (C=O) groups excluding carboxylic acids is 5. The van der Waals surface area contributed by atoms with Crippen LogP contribution in [0.2, 0.25) is 0 Å². The molecule has 6 amide bonds. The van der Waals surface area contributed by atoms with E-state index in [1.165, 1.54) is 30.3 Å². The Hall–Kier alpha value is -5.93. The van der Waals surface area contributed by atoms with Gasteiger partial charge in [-0.3, -0.25) is 24.6 Å². The predicted octanol–water partition coefficient (Wildman–Crippen LogP) is 5.83. The third kappa shape index (κ3) is 9.91. The number of aromatic nitrogens is 1. The highest BCUT2D eigenvalue weighted by molar-refractivity contribution is 5.99. The molecule has 0 fully saturated rings. The molecule has 4 aromatic rings. The van der Waals surface area contributed by atoms with Gasteiger partial charge in [-0.2, -0.15) is 13.2 Å². The van der Waals surface area contributed by atoms with E-state index in [1.54, 1.807) is 64.1 Å². The molecule has 0 saturated carbocycles. The number of hydrazine groups is 1. The van der Waals surface area contributed by atoms with Gasteiger partial charge < -0.3 is 26.3 Å². The second kappa shape index (κ2) is 17.9. The smallest absolute Gasteiger partial charge is 0.358 e. The van der Waals surface area contributed by atoms with Gasteiger partial charge in [0.2, 0.25) is 17.7 Å². The summed E-state index contributed by atoms with van der Waals surface area (Å²) >= 11 is 0. The van der Waals surface area contributed by atoms with Crippen molar-refractivity contribution in [2.45, 2.75) is 90.0 Å². The second-order valence-corrected chi connectivity index (χ2v) is 14.5. The molecular weight excluding hydrogens is 746 g/mol. The van der Waals surface area contributed by atoms with Crippen LogP contribution < -0.4 is 32.1 Å². The van der Waals surface area contributed by atoms with E-state index in [1.807, 2.05) is 0 Å². The molecule has 1 aromatic heterocycles. The maximum Gasteiger partial charge on any atom is 0.418 e. The highest BCUT2D eigenvalue weighted by Gasteiger charge is 2.47. The zero-order valence-corrected chi connectivity index (χ0v) is 32.0. The van der Waals surface area contributed by atoms with Crippen molar-refractivity contribution in [3.63, 3.8) is 0 Å². The van der Waals surface area contributed by atoms with Crippen molar-refractivity contribution < 1.29 is 41.5 Å². The maximum absolute atomic E-state index is 14.7. The standard InChI is InChI=1S/C41H47F4N7O5/c1-5-23(3)33(48-32(53)21-25-13-10-11-18-30(25)42)36(54)50-40(20-19-31-28(22-40)27-16-12-17-29(35(27)47-31)41(43,44)45)38(56)49-34(24(4)6-2)37(55)51-52-39(57)46-26-14-8-7-9-15-26/h7-18,23-24,33-34,47H,5-6,19-22H2,1-4H3,(H,48,53)(H,49,56)(H,50,54)(H,51,55)(H2,46,52,57)/t23?,24?,33-,34-,40+/m0/s1. The molecule has 304 valence electrons. The SMILES string of the molecule is CCC(C)[C@H](NC(=O)Cc1ccccc1F)C(=O)N[C@]1(C(=O)N[C@H](C(=O)NNC(=O)Nc2ccccc2)C(C)CC)CCc2[nH]c3c(C(F)(F)F)cccc3c2C1. The van der Waals surface area contributed by atoms with Crippen LogP contribution in [-0.2, 0) is 44.6 Å². The summed E-state index contributed by atoms with van der Waals surface area (Å²) in [6.07, 6.45) is -4.51. The minimum atomic E-state index is -4.68. The number of para-hydroxylation sites is 2. The Morgan fingerprint density at radius 1 is 0.807 bits per heavy atom. The van der Waals surface area contributed by atoms with Gasteiger partial charge in [0.1, 0.15) is 23.4 Å². The minimum Gasteiger partial charge on any atom is -0.358 e. The monoisotopic (exact) mass is 793 g/mol. The van der Waals surface area contributed by atoms with E-state index in [0.717, 1.165) is 6.07 Å². The Balaban J connectivity index is 1.46. The molecule has 0 bridgehead atoms. The molecule has 57 heavy (non-hydrogen) atoms. The lowest BCUT2D eigenvalue weighted by Gasteiger charge is -2.39. The number of aryl methyl sites for hydroxylation is 1. The van der Waals surface area contributed by atoms with Crippen LogP contribution in [0.15, 0.2) is 72.8 Å². The van der Waals surface area contributed by atoms with E-state index in [4.69, 9.17) is 0 Å². The first-order valence-corrected chi connectivity index (χ1v) is 18.8. The number of rotatable bonds is 13. The average Bonchev–Trinajstić information content (AvgIpc) is 3.56. The van der Waals surface area contributed by atoms with Crippen molar-refractivity contribution in [2.24, 2.45) is 11.8 Å². The van der Waals surface area contributed by atoms with Crippen LogP contribution in [0.1, 0.15) is 69.3 Å². The molecule has 0 aliphatic heterocycles. The number of benzene rings is 3. The van der Waals surface area contributed by atoms with Gasteiger partial charge >= 0.3 is 12.2 Å². The fourth-order valence-corrected chi connectivity index (χ4v) is 6.98. The summed E-state index contributed by atoms with van der Waals surface area (Å²) in [4.78, 5) is 71.3. The van der Waals surface area contributed by atoms with Crippen LogP contribution in [0.5, 0.6) is 0 Å². The molecule has 1 aliphatic carbocycles. The second-order valence-electron chi connectivity index (χ2n) is 14.5. The van der Waals surface area contributed by atoms with Crippen molar-refractivity contribution in [1.82, 2.24) is 31.8 Å². The van der Waals surface area contributed by atoms with Gasteiger partial charge in [0.15, 0.2) is 0 Å². The highest BCUT2D eigenvalue weighted by Crippen LogP contribution is 2.40. The summed E-state index contributed by atoms with van der Waals surface area (Å²) in [7, 11) is 0. The molecular formula is C41H47F4N7O5. The van der Waals surface area contributed by atoms with Gasteiger partial charge in [-0.25, -0.2) is 14.6 Å². The lowest BCUT2D eigenvalue weighted by Crippen LogP contribution is -2.67. The number of halogens is 4. The van der Waals surface area contributed by atoms with Gasteiger partial charge in [0.05, 0.1) is 17.5 Å². The third-order valence-electron chi connectivity index (χ3n) is 10.6. The summed E-state index contributed by atoms with van der Waals surface area (Å²) in [5.74, 6) is -4.50. The van der Waals surface area contributed by atoms with Crippen LogP contribution in [-0.4, -0.2) is 52.3 Å². The molecule has 5 atom stereocenters. The number of anilines is 1. The fraction of sp³-hybridized carbons (Fsp3) is 0.390. The molecule has 16 heteroatoms. The number of aromatic amines is 1. The lowest BCUT2D eigenvalue weighted by atomic mass is 9.78. The molecule has 7 N–H and O–H groups in total. The first-order valence-electron chi connectivity index (χ1n) is 18.8. The van der Waals surface area contributed by atoms with Crippen LogP contribution in [0.25, 0.3) is 10.9 Å². The van der Waals surface area contributed by atoms with Gasteiger partial charge in [-0.05, 0) is 60.1 Å². The van der Waals surface area contributed by atoms with E-state index in [-0.39, 0.29) is 42.1 Å². The Morgan fingerprint density at radius 3 is 2.11 bits per heavy atom. The molecule has 5 rings (SSSR count). The first-order chi connectivity index (χ1) is 27.1. The number of hydrogen-bond acceptors (Lipinski definition) is 5. The molecule has 3 aromatic carbocycles. The average molecular weight is 794 g/mol. The van der Waals surface area contributed by atoms with Gasteiger partial charge in [0.25, 0.3) is 5.91 Å². The zero-order chi connectivity index (χ0) is 41.5. The first kappa shape index (κ1) is 42.2. The Morgan fingerprint density at radius 2 is 1.46 bits per heavy atom. The number of urea groups is 1. The van der Waals surface area contributed by atoms with Crippen molar-refractivity contribution in [2.75, 3.05) is 5.32 Å². The third-order valence-corrected chi connectivity index (χ3v) is 10.6. The Labute approximate surface area is 327 Å². The number of nitrogens with one attached hydrogen (secondary N) is 7. The van der Waals surface area contributed by atoms with Crippen molar-refractivity contribution >= 4 is 46.3 Å². The molecule has 1 heterocycles. The normalized spacial score (nSPS) is 17.3. The molecule has 12 nitrogen and oxygen atoms in total. The van der Waals surface area contributed by atoms with Crippen LogP contribution >= 0.6 is 0 Å². The van der Waals surface area contributed by atoms with Crippen molar-refractivity contribution in [3.05, 3.63) is 101 Å². The van der Waals surface area contributed by atoms with Crippen LogP contribution in [0.3, 0.4) is 0 Å². The topological polar surface area (TPSA) is 173 Å². The molecule has 2 unspecified atom stereocenters. The summed E-state index contributed by atoms with van der Waals surface area (Å²) in [5, 5.41) is 11.1. The van der Waals surface area contributed by atoms with E-state index < -0.39 is 76.7 Å². The summed E-state index contributed by atoms with van der Waals surface area (Å²) in [6.45, 7) is 7.03. The largest absolute Gasteiger partial charge is 0.418 e. The Kier molecular flexibility index (Phi) is 13.3. The Bertz CT molecular complexity index is 2110. The van der Waals surface area contributed by atoms with Crippen molar-refractivity contribution in [1.29, 1.82) is 0 Å². The number of carbonyl (C=O) groups is 5. The summed E-state index contributed by atoms with van der Waals surface area (Å²) in [6, 6.07) is 14.7. The van der Waals surface area contributed by atoms with E-state index >= 15 is 0 Å². The minimum absolute atomic E-state index is 0.0457. The van der Waals surface area contributed by atoms with Gasteiger partial charge in [-0.1, -0.05) is 89.1 Å². The fourth-order valence-electron chi connectivity index (χ4n) is 6.98. The van der Waals surface area contributed by atoms with E-state index in [9.17, 15) is 41.5 Å². The molecule has 0 spiro atoms. The van der Waals surface area contributed by atoms with Crippen LogP contribution in [0, 0.1) is 17.7 Å². The van der Waals surface area contributed by atoms with Crippen molar-refractivity contribution in [3.8, 4) is 0 Å². The highest BCUT2D eigenvalue weighted by atomic mass is 19.4. The van der Waals surface area contributed by atoms with E-state index in [0.29, 0.717) is 29.8 Å². The summed E-state index contributed by atoms with van der Waals surface area (Å²) in [5.41, 5.74) is 3.16. The molecule has 1 aliphatic rings. The number of fused-ring (bicyclic) bond motifs is 3. The molecule has 0 saturated heterocycles. The van der Waals surface area contributed by atoms with Gasteiger partial charge in [0, 0.05) is 23.2 Å². The number of alkyl halides is 3. The zero-order valence-electron chi connectivity index (χ0n) is 32.0. The van der Waals surface area contributed by atoms with E-state index in [2.05, 4.69) is 37.1 Å². The van der Waals surface area contributed by atoms with Gasteiger partial charge in [-0.15, -0.1) is 0 Å². The predicted molar refractivity (Wildman–Crippen MR) is 206 cm³/mol. The molecule has 0 radical (unpaired) electrons. The number of hydrogen-bond donors (Lipinski definition) is 7. The quantitative estimate of drug-likeness (QED) is 0.0666.